The van der Waals surface area contributed by atoms with E-state index < -0.39 is 0 Å². The van der Waals surface area contributed by atoms with Gasteiger partial charge in [0, 0.05) is 6.20 Å². The lowest BCUT2D eigenvalue weighted by molar-refractivity contribution is 0.102. The summed E-state index contributed by atoms with van der Waals surface area (Å²) < 4.78 is 0. The number of hydrogen-bond donors (Lipinski definition) is 0. The first-order valence-electron chi connectivity index (χ1n) is 3.97. The molecular weight excluding hydrogens is 182 g/mol. The molecule has 0 spiro atoms. The number of carbonyl (C=O) groups excluding carboxylic acids is 1. The SMILES string of the molecule is Cn1nnc(C(=O)c2ccccn2)n1. The highest BCUT2D eigenvalue weighted by Gasteiger charge is 2.14. The molecule has 0 saturated carbocycles. The van der Waals surface area contributed by atoms with Crippen molar-refractivity contribution in [2.75, 3.05) is 0 Å². The number of pyridine rings is 1. The van der Waals surface area contributed by atoms with E-state index in [1.165, 1.54) is 4.80 Å². The predicted molar refractivity (Wildman–Crippen MR) is 46.5 cm³/mol. The number of aromatic nitrogens is 5. The Morgan fingerprint density at radius 1 is 1.43 bits per heavy atom. The number of hydrogen-bond acceptors (Lipinski definition) is 5. The summed E-state index contributed by atoms with van der Waals surface area (Å²) in [6.07, 6.45) is 1.55. The zero-order chi connectivity index (χ0) is 9.97. The third-order valence-corrected chi connectivity index (χ3v) is 1.61. The highest BCUT2D eigenvalue weighted by molar-refractivity contribution is 6.04. The number of ketones is 1. The first-order valence-corrected chi connectivity index (χ1v) is 3.97. The van der Waals surface area contributed by atoms with Gasteiger partial charge in [-0.15, -0.1) is 10.2 Å². The molecule has 2 heterocycles. The van der Waals surface area contributed by atoms with Crippen molar-refractivity contribution in [2.45, 2.75) is 0 Å². The van der Waals surface area contributed by atoms with Crippen molar-refractivity contribution in [3.05, 3.63) is 35.9 Å². The van der Waals surface area contributed by atoms with Crippen molar-refractivity contribution in [1.82, 2.24) is 25.2 Å². The molecular formula is C8H7N5O. The first-order chi connectivity index (χ1) is 6.77. The fraction of sp³-hybridized carbons (Fsp3) is 0.125. The Hall–Kier alpha value is -2.11. The van der Waals surface area contributed by atoms with Crippen LogP contribution in [-0.4, -0.2) is 31.0 Å². The molecule has 0 saturated heterocycles. The van der Waals surface area contributed by atoms with Gasteiger partial charge in [-0.1, -0.05) is 6.07 Å². The van der Waals surface area contributed by atoms with Gasteiger partial charge in [-0.2, -0.15) is 4.80 Å². The van der Waals surface area contributed by atoms with Crippen LogP contribution >= 0.6 is 0 Å². The summed E-state index contributed by atoms with van der Waals surface area (Å²) in [6.45, 7) is 0. The van der Waals surface area contributed by atoms with Crippen molar-refractivity contribution >= 4 is 5.78 Å². The molecule has 0 aromatic carbocycles. The maximum atomic E-state index is 11.6. The molecule has 0 atom stereocenters. The first kappa shape index (κ1) is 8.49. The maximum Gasteiger partial charge on any atom is 0.252 e. The van der Waals surface area contributed by atoms with E-state index in [1.807, 2.05) is 0 Å². The van der Waals surface area contributed by atoms with E-state index in [4.69, 9.17) is 0 Å². The van der Waals surface area contributed by atoms with Crippen molar-refractivity contribution in [1.29, 1.82) is 0 Å². The van der Waals surface area contributed by atoms with Crippen LogP contribution in [0.4, 0.5) is 0 Å². The standard InChI is InChI=1S/C8H7N5O/c1-13-11-8(10-12-13)7(14)6-4-2-3-5-9-6/h2-5H,1H3. The second-order valence-corrected chi connectivity index (χ2v) is 2.65. The highest BCUT2D eigenvalue weighted by Crippen LogP contribution is 1.99. The Labute approximate surface area is 79.6 Å². The Morgan fingerprint density at radius 3 is 2.86 bits per heavy atom. The summed E-state index contributed by atoms with van der Waals surface area (Å²) in [5, 5.41) is 11.0. The van der Waals surface area contributed by atoms with Crippen molar-refractivity contribution in [3.8, 4) is 0 Å². The molecule has 6 heteroatoms. The molecule has 0 bridgehead atoms. The van der Waals surface area contributed by atoms with Crippen LogP contribution < -0.4 is 0 Å². The number of rotatable bonds is 2. The van der Waals surface area contributed by atoms with E-state index in [1.54, 1.807) is 31.4 Å². The molecule has 2 aromatic rings. The van der Waals surface area contributed by atoms with Crippen LogP contribution in [0.1, 0.15) is 16.3 Å². The van der Waals surface area contributed by atoms with Crippen molar-refractivity contribution in [2.24, 2.45) is 7.05 Å². The fourth-order valence-corrected chi connectivity index (χ4v) is 0.987. The van der Waals surface area contributed by atoms with Crippen LogP contribution in [-0.2, 0) is 7.05 Å². The summed E-state index contributed by atoms with van der Waals surface area (Å²) in [7, 11) is 1.60. The van der Waals surface area contributed by atoms with Gasteiger partial charge in [0.2, 0.25) is 5.82 Å². The van der Waals surface area contributed by atoms with E-state index >= 15 is 0 Å². The highest BCUT2D eigenvalue weighted by atomic mass is 16.1. The largest absolute Gasteiger partial charge is 0.283 e. The number of tetrazole rings is 1. The van der Waals surface area contributed by atoms with Crippen LogP contribution in [0.15, 0.2) is 24.4 Å². The molecule has 6 nitrogen and oxygen atoms in total. The summed E-state index contributed by atoms with van der Waals surface area (Å²) in [6, 6.07) is 5.08. The zero-order valence-electron chi connectivity index (χ0n) is 7.45. The molecule has 2 rings (SSSR count). The average molecular weight is 189 g/mol. The van der Waals surface area contributed by atoms with Gasteiger partial charge in [-0.25, -0.2) is 0 Å². The monoisotopic (exact) mass is 189 g/mol. The topological polar surface area (TPSA) is 73.6 Å². The average Bonchev–Trinajstić information content (AvgIpc) is 2.65. The summed E-state index contributed by atoms with van der Waals surface area (Å²) in [5.74, 6) is -0.259. The van der Waals surface area contributed by atoms with Crippen LogP contribution in [0.2, 0.25) is 0 Å². The second-order valence-electron chi connectivity index (χ2n) is 2.65. The number of nitrogens with zero attached hydrogens (tertiary/aromatic N) is 5. The fourth-order valence-electron chi connectivity index (χ4n) is 0.987. The molecule has 0 radical (unpaired) electrons. The molecule has 0 N–H and O–H groups in total. The van der Waals surface area contributed by atoms with Gasteiger partial charge in [0.25, 0.3) is 5.78 Å². The number of carbonyl (C=O) groups is 1. The third-order valence-electron chi connectivity index (χ3n) is 1.61. The zero-order valence-corrected chi connectivity index (χ0v) is 7.45. The lowest BCUT2D eigenvalue weighted by atomic mass is 10.2. The molecule has 0 fully saturated rings. The number of aryl methyl sites for hydroxylation is 1. The van der Waals surface area contributed by atoms with Crippen LogP contribution in [0.25, 0.3) is 0 Å². The van der Waals surface area contributed by atoms with Gasteiger partial charge in [-0.3, -0.25) is 9.78 Å². The minimum atomic E-state index is -0.321. The van der Waals surface area contributed by atoms with E-state index in [9.17, 15) is 4.79 Å². The molecule has 0 aliphatic carbocycles. The lowest BCUT2D eigenvalue weighted by Crippen LogP contribution is -2.06. The van der Waals surface area contributed by atoms with E-state index in [0.29, 0.717) is 5.69 Å². The Balaban J connectivity index is 2.34. The third kappa shape index (κ3) is 1.49. The lowest BCUT2D eigenvalue weighted by Gasteiger charge is -1.92. The Morgan fingerprint density at radius 2 is 2.29 bits per heavy atom. The minimum Gasteiger partial charge on any atom is -0.283 e. The van der Waals surface area contributed by atoms with Crippen molar-refractivity contribution in [3.63, 3.8) is 0 Å². The van der Waals surface area contributed by atoms with Gasteiger partial charge in [0.05, 0.1) is 7.05 Å². The molecule has 0 unspecified atom stereocenters. The van der Waals surface area contributed by atoms with Gasteiger partial charge in [-0.05, 0) is 17.3 Å². The van der Waals surface area contributed by atoms with Gasteiger partial charge in [0.15, 0.2) is 0 Å². The quantitative estimate of drug-likeness (QED) is 0.613. The minimum absolute atomic E-state index is 0.0613. The van der Waals surface area contributed by atoms with Crippen LogP contribution in [0, 0.1) is 0 Å². The maximum absolute atomic E-state index is 11.6. The summed E-state index contributed by atoms with van der Waals surface area (Å²) in [5.41, 5.74) is 0.320. The molecule has 0 aliphatic rings. The van der Waals surface area contributed by atoms with E-state index in [0.717, 1.165) is 0 Å². The second kappa shape index (κ2) is 3.33. The Kier molecular flexibility index (Phi) is 2.02. The Bertz CT molecular complexity index is 450. The van der Waals surface area contributed by atoms with Gasteiger partial charge < -0.3 is 0 Å². The molecule has 70 valence electrons. The van der Waals surface area contributed by atoms with Crippen molar-refractivity contribution < 1.29 is 4.79 Å². The van der Waals surface area contributed by atoms with Crippen LogP contribution in [0.5, 0.6) is 0 Å². The predicted octanol–water partition coefficient (Wildman–Crippen LogP) is -0.164. The van der Waals surface area contributed by atoms with Crippen LogP contribution in [0.3, 0.4) is 0 Å². The molecule has 0 amide bonds. The summed E-state index contributed by atoms with van der Waals surface area (Å²) >= 11 is 0. The molecule has 14 heavy (non-hydrogen) atoms. The van der Waals surface area contributed by atoms with Gasteiger partial charge in [0.1, 0.15) is 5.69 Å². The normalized spacial score (nSPS) is 10.1. The summed E-state index contributed by atoms with van der Waals surface area (Å²) in [4.78, 5) is 16.7. The van der Waals surface area contributed by atoms with E-state index in [-0.39, 0.29) is 11.6 Å². The van der Waals surface area contributed by atoms with Gasteiger partial charge >= 0.3 is 0 Å². The smallest absolute Gasteiger partial charge is 0.252 e. The van der Waals surface area contributed by atoms with E-state index in [2.05, 4.69) is 20.4 Å². The molecule has 0 aliphatic heterocycles. The molecule has 2 aromatic heterocycles.